The number of rotatable bonds is 0. The number of nitrogens with zero attached hydrogens (tertiary/aromatic N) is 2. The van der Waals surface area contributed by atoms with E-state index in [0.29, 0.717) is 0 Å². The summed E-state index contributed by atoms with van der Waals surface area (Å²) in [6.07, 6.45) is 10.6. The van der Waals surface area contributed by atoms with E-state index in [1.165, 1.54) is 36.0 Å². The van der Waals surface area contributed by atoms with Crippen LogP contribution in [0.1, 0.15) is 42.6 Å². The Morgan fingerprint density at radius 2 is 1.94 bits per heavy atom. The molecule has 2 nitrogen and oxygen atoms in total. The highest BCUT2D eigenvalue weighted by Gasteiger charge is 2.19. The van der Waals surface area contributed by atoms with E-state index >= 15 is 0 Å². The van der Waals surface area contributed by atoms with Gasteiger partial charge < -0.3 is 0 Å². The van der Waals surface area contributed by atoms with Gasteiger partial charge in [-0.2, -0.15) is 5.10 Å². The molecule has 0 N–H and O–H groups in total. The normalized spacial score (nSPS) is 19.1. The third-order valence-electron chi connectivity index (χ3n) is 3.39. The Hall–Kier alpha value is -1.44. The van der Waals surface area contributed by atoms with Gasteiger partial charge in [0.25, 0.3) is 0 Å². The summed E-state index contributed by atoms with van der Waals surface area (Å²) in [6.45, 7) is 2.02. The van der Waals surface area contributed by atoms with Gasteiger partial charge in [0.1, 0.15) is 0 Å². The quantitative estimate of drug-likeness (QED) is 0.660. The van der Waals surface area contributed by atoms with Crippen molar-refractivity contribution >= 4 is 5.57 Å². The Kier molecular flexibility index (Phi) is 2.35. The largest absolute Gasteiger partial charge is 0.155 e. The number of hydrogen-bond acceptors (Lipinski definition) is 2. The van der Waals surface area contributed by atoms with Gasteiger partial charge >= 0.3 is 0 Å². The second kappa shape index (κ2) is 3.85. The lowest BCUT2D eigenvalue weighted by Crippen LogP contribution is -2.01. The van der Waals surface area contributed by atoms with Crippen LogP contribution >= 0.6 is 0 Å². The highest BCUT2D eigenvalue weighted by Crippen LogP contribution is 2.35. The van der Waals surface area contributed by atoms with Crippen LogP contribution in [0.3, 0.4) is 0 Å². The molecular formula is C14H16N2. The molecule has 0 unspecified atom stereocenters. The van der Waals surface area contributed by atoms with Crippen LogP contribution in [0.4, 0.5) is 0 Å². The van der Waals surface area contributed by atoms with Gasteiger partial charge in [-0.3, -0.25) is 0 Å². The molecule has 0 aromatic carbocycles. The highest BCUT2D eigenvalue weighted by molar-refractivity contribution is 5.79. The third kappa shape index (κ3) is 1.58. The second-order valence-electron chi connectivity index (χ2n) is 4.64. The molecule has 2 aliphatic rings. The van der Waals surface area contributed by atoms with Crippen molar-refractivity contribution in [1.82, 2.24) is 10.2 Å². The molecule has 0 amide bonds. The Balaban J connectivity index is 2.15. The first kappa shape index (κ1) is 9.76. The van der Waals surface area contributed by atoms with Crippen LogP contribution in [0.5, 0.6) is 0 Å². The second-order valence-corrected chi connectivity index (χ2v) is 4.64. The number of aryl methyl sites for hydroxylation is 2. The fraction of sp³-hybridized carbons (Fsp3) is 0.429. The van der Waals surface area contributed by atoms with E-state index in [2.05, 4.69) is 28.4 Å². The van der Waals surface area contributed by atoms with Gasteiger partial charge in [-0.25, -0.2) is 0 Å². The van der Waals surface area contributed by atoms with Crippen LogP contribution < -0.4 is 0 Å². The molecule has 82 valence electrons. The molecule has 0 bridgehead atoms. The number of fused-ring (bicyclic) bond motifs is 3. The topological polar surface area (TPSA) is 25.8 Å². The molecule has 1 heterocycles. The Bertz CT molecular complexity index is 484. The standard InChI is InChI=1S/C14H16N2/c1-10-9-12-7-4-6-11-5-2-3-8-13(11)14(12)16-15-10/h5,8-9H,2-4,6-7H2,1H3. The van der Waals surface area contributed by atoms with Crippen molar-refractivity contribution in [1.29, 1.82) is 0 Å². The predicted molar refractivity (Wildman–Crippen MR) is 65.0 cm³/mol. The smallest absolute Gasteiger partial charge is 0.0961 e. The fourth-order valence-electron chi connectivity index (χ4n) is 2.64. The molecule has 1 aromatic heterocycles. The first-order valence-corrected chi connectivity index (χ1v) is 6.08. The minimum Gasteiger partial charge on any atom is -0.155 e. The molecule has 16 heavy (non-hydrogen) atoms. The van der Waals surface area contributed by atoms with Crippen molar-refractivity contribution in [2.75, 3.05) is 0 Å². The van der Waals surface area contributed by atoms with Gasteiger partial charge in [-0.05, 0) is 56.2 Å². The molecule has 2 heteroatoms. The molecule has 0 saturated heterocycles. The van der Waals surface area contributed by atoms with Gasteiger partial charge in [-0.15, -0.1) is 5.10 Å². The van der Waals surface area contributed by atoms with Crippen molar-refractivity contribution in [3.05, 3.63) is 40.7 Å². The maximum Gasteiger partial charge on any atom is 0.0961 e. The molecule has 0 spiro atoms. The fourth-order valence-corrected chi connectivity index (χ4v) is 2.64. The summed E-state index contributed by atoms with van der Waals surface area (Å²) in [5.41, 5.74) is 6.38. The van der Waals surface area contributed by atoms with Crippen LogP contribution in [0.25, 0.3) is 5.57 Å². The predicted octanol–water partition coefficient (Wildman–Crippen LogP) is 3.22. The summed E-state index contributed by atoms with van der Waals surface area (Å²) in [5, 5.41) is 8.61. The van der Waals surface area contributed by atoms with E-state index in [4.69, 9.17) is 0 Å². The zero-order valence-electron chi connectivity index (χ0n) is 9.66. The van der Waals surface area contributed by atoms with E-state index in [1.807, 2.05) is 6.92 Å². The lowest BCUT2D eigenvalue weighted by molar-refractivity contribution is 0.822. The first-order valence-electron chi connectivity index (χ1n) is 6.08. The van der Waals surface area contributed by atoms with E-state index in [-0.39, 0.29) is 0 Å². The first-order chi connectivity index (χ1) is 7.84. The van der Waals surface area contributed by atoms with Crippen LogP contribution in [0, 0.1) is 6.92 Å². The molecule has 2 aliphatic carbocycles. The SMILES string of the molecule is Cc1cc2c(nn1)C1=CCCC=C1CCC2. The molecule has 0 fully saturated rings. The number of hydrogen-bond donors (Lipinski definition) is 0. The summed E-state index contributed by atoms with van der Waals surface area (Å²) in [4.78, 5) is 0. The maximum absolute atomic E-state index is 4.40. The highest BCUT2D eigenvalue weighted by atomic mass is 15.1. The molecule has 0 atom stereocenters. The molecular weight excluding hydrogens is 196 g/mol. The van der Waals surface area contributed by atoms with Gasteiger partial charge in [0.2, 0.25) is 0 Å². The number of aromatic nitrogens is 2. The average Bonchev–Trinajstić information content (AvgIpc) is 2.47. The zero-order chi connectivity index (χ0) is 11.0. The third-order valence-corrected chi connectivity index (χ3v) is 3.39. The summed E-state index contributed by atoms with van der Waals surface area (Å²) >= 11 is 0. The Morgan fingerprint density at radius 1 is 1.06 bits per heavy atom. The van der Waals surface area contributed by atoms with E-state index < -0.39 is 0 Å². The summed E-state index contributed by atoms with van der Waals surface area (Å²) in [6, 6.07) is 2.20. The summed E-state index contributed by atoms with van der Waals surface area (Å²) in [5.74, 6) is 0. The van der Waals surface area contributed by atoms with Gasteiger partial charge in [-0.1, -0.05) is 12.2 Å². The van der Waals surface area contributed by atoms with E-state index in [9.17, 15) is 0 Å². The van der Waals surface area contributed by atoms with E-state index in [0.717, 1.165) is 24.2 Å². The molecule has 0 aliphatic heterocycles. The van der Waals surface area contributed by atoms with Crippen molar-refractivity contribution < 1.29 is 0 Å². The summed E-state index contributed by atoms with van der Waals surface area (Å²) < 4.78 is 0. The molecule has 1 aromatic rings. The zero-order valence-corrected chi connectivity index (χ0v) is 9.66. The van der Waals surface area contributed by atoms with Crippen LogP contribution in [0.2, 0.25) is 0 Å². The Morgan fingerprint density at radius 3 is 2.88 bits per heavy atom. The molecule has 3 rings (SSSR count). The van der Waals surface area contributed by atoms with Crippen LogP contribution in [0.15, 0.2) is 23.8 Å². The van der Waals surface area contributed by atoms with Crippen molar-refractivity contribution in [3.63, 3.8) is 0 Å². The summed E-state index contributed by atoms with van der Waals surface area (Å²) in [7, 11) is 0. The van der Waals surface area contributed by atoms with Crippen molar-refractivity contribution in [2.24, 2.45) is 0 Å². The molecule has 0 radical (unpaired) electrons. The minimum absolute atomic E-state index is 1.03. The lowest BCUT2D eigenvalue weighted by atomic mass is 9.93. The maximum atomic E-state index is 4.40. The van der Waals surface area contributed by atoms with E-state index in [1.54, 1.807) is 0 Å². The van der Waals surface area contributed by atoms with Crippen molar-refractivity contribution in [2.45, 2.75) is 39.0 Å². The Labute approximate surface area is 96.1 Å². The minimum atomic E-state index is 1.03. The monoisotopic (exact) mass is 212 g/mol. The lowest BCUT2D eigenvalue weighted by Gasteiger charge is -2.14. The van der Waals surface area contributed by atoms with Crippen molar-refractivity contribution in [3.8, 4) is 0 Å². The van der Waals surface area contributed by atoms with Gasteiger partial charge in [0.15, 0.2) is 0 Å². The number of allylic oxidation sites excluding steroid dienone is 4. The van der Waals surface area contributed by atoms with Crippen LogP contribution in [-0.2, 0) is 6.42 Å². The van der Waals surface area contributed by atoms with Crippen LogP contribution in [-0.4, -0.2) is 10.2 Å². The van der Waals surface area contributed by atoms with Gasteiger partial charge in [0.05, 0.1) is 11.4 Å². The van der Waals surface area contributed by atoms with Gasteiger partial charge in [0, 0.05) is 5.57 Å². The average molecular weight is 212 g/mol. The molecule has 0 saturated carbocycles.